The first kappa shape index (κ1) is 18.1. The van der Waals surface area contributed by atoms with Crippen LogP contribution in [0.25, 0.3) is 0 Å². The van der Waals surface area contributed by atoms with Crippen LogP contribution in [0.4, 0.5) is 0 Å². The molecule has 2 aromatic rings. The zero-order valence-corrected chi connectivity index (χ0v) is 14.7. The van der Waals surface area contributed by atoms with E-state index in [1.54, 1.807) is 6.92 Å². The maximum Gasteiger partial charge on any atom is 0.242 e. The Kier molecular flexibility index (Phi) is 6.88. The molecular formula is C19H22N2O2S. The maximum absolute atomic E-state index is 12.8. The molecule has 0 saturated heterocycles. The highest BCUT2D eigenvalue weighted by atomic mass is 32.2. The predicted molar refractivity (Wildman–Crippen MR) is 97.8 cm³/mol. The third kappa shape index (κ3) is 5.13. The van der Waals surface area contributed by atoms with Gasteiger partial charge in [-0.05, 0) is 31.5 Å². The number of carbonyl (C=O) groups excluding carboxylic acids is 2. The summed E-state index contributed by atoms with van der Waals surface area (Å²) in [5.41, 5.74) is 0.909. The van der Waals surface area contributed by atoms with Crippen LogP contribution in [0.15, 0.2) is 65.6 Å². The van der Waals surface area contributed by atoms with Gasteiger partial charge in [-0.2, -0.15) is 0 Å². The number of thioether (sulfide) groups is 1. The summed E-state index contributed by atoms with van der Waals surface area (Å²) < 4.78 is 0. The van der Waals surface area contributed by atoms with Crippen LogP contribution in [-0.4, -0.2) is 24.4 Å². The first-order chi connectivity index (χ1) is 11.6. The zero-order valence-electron chi connectivity index (χ0n) is 13.9. The lowest BCUT2D eigenvalue weighted by atomic mass is 10.1. The van der Waals surface area contributed by atoms with E-state index in [1.807, 2.05) is 67.6 Å². The van der Waals surface area contributed by atoms with Crippen molar-refractivity contribution in [2.24, 2.45) is 0 Å². The van der Waals surface area contributed by atoms with Gasteiger partial charge in [0.2, 0.25) is 11.8 Å². The Morgan fingerprint density at radius 1 is 0.958 bits per heavy atom. The molecule has 4 nitrogen and oxygen atoms in total. The van der Waals surface area contributed by atoms with Gasteiger partial charge in [0, 0.05) is 11.4 Å². The van der Waals surface area contributed by atoms with E-state index in [0.29, 0.717) is 6.54 Å². The molecule has 0 aliphatic carbocycles. The smallest absolute Gasteiger partial charge is 0.242 e. The number of nitrogens with one attached hydrogen (secondary N) is 2. The highest BCUT2D eigenvalue weighted by Gasteiger charge is 2.25. The minimum absolute atomic E-state index is 0.172. The van der Waals surface area contributed by atoms with Crippen molar-refractivity contribution in [2.75, 3.05) is 6.54 Å². The van der Waals surface area contributed by atoms with Gasteiger partial charge in [0.25, 0.3) is 0 Å². The Bertz CT molecular complexity index is 662. The highest BCUT2D eigenvalue weighted by Crippen LogP contribution is 2.35. The molecule has 0 radical (unpaired) electrons. The predicted octanol–water partition coefficient (Wildman–Crippen LogP) is 3.16. The second-order valence-corrected chi connectivity index (χ2v) is 6.52. The summed E-state index contributed by atoms with van der Waals surface area (Å²) in [5.74, 6) is -0.351. The molecule has 0 unspecified atom stereocenters. The summed E-state index contributed by atoms with van der Waals surface area (Å²) in [4.78, 5) is 25.6. The fourth-order valence-corrected chi connectivity index (χ4v) is 3.27. The third-order valence-corrected chi connectivity index (χ3v) is 4.71. The second-order valence-electron chi connectivity index (χ2n) is 5.35. The van der Waals surface area contributed by atoms with E-state index < -0.39 is 11.3 Å². The summed E-state index contributed by atoms with van der Waals surface area (Å²) in [6, 6.07) is 18.8. The Morgan fingerprint density at radius 2 is 1.54 bits per heavy atom. The fraction of sp³-hybridized carbons (Fsp3) is 0.263. The Balaban J connectivity index is 2.16. The number of carbonyl (C=O) groups is 2. The van der Waals surface area contributed by atoms with Crippen LogP contribution >= 0.6 is 11.8 Å². The molecule has 0 heterocycles. The van der Waals surface area contributed by atoms with Gasteiger partial charge in [0.15, 0.2) is 0 Å². The van der Waals surface area contributed by atoms with Gasteiger partial charge < -0.3 is 10.6 Å². The zero-order chi connectivity index (χ0) is 17.4. The Labute approximate surface area is 147 Å². The molecule has 0 fully saturated rings. The lowest BCUT2D eigenvalue weighted by Crippen LogP contribution is -2.45. The molecular weight excluding hydrogens is 320 g/mol. The highest BCUT2D eigenvalue weighted by molar-refractivity contribution is 8.00. The molecule has 2 atom stereocenters. The number of likely N-dealkylation sites (N-methyl/N-ethyl adjacent to an activating group) is 1. The molecule has 2 N–H and O–H groups in total. The van der Waals surface area contributed by atoms with E-state index in [1.165, 1.54) is 11.8 Å². The fourth-order valence-electron chi connectivity index (χ4n) is 2.22. The molecule has 0 saturated carbocycles. The van der Waals surface area contributed by atoms with Crippen molar-refractivity contribution in [3.8, 4) is 0 Å². The molecule has 0 aliphatic rings. The SMILES string of the molecule is CCNC(=O)[C@H](C)NC(=O)[C@H](Sc1ccccc1)c1ccccc1. The Hall–Kier alpha value is -2.27. The lowest BCUT2D eigenvalue weighted by Gasteiger charge is -2.20. The normalized spacial score (nSPS) is 12.9. The van der Waals surface area contributed by atoms with E-state index in [4.69, 9.17) is 0 Å². The van der Waals surface area contributed by atoms with Crippen molar-refractivity contribution in [1.82, 2.24) is 10.6 Å². The van der Waals surface area contributed by atoms with Gasteiger partial charge in [-0.1, -0.05) is 48.5 Å². The average molecular weight is 342 g/mol. The van der Waals surface area contributed by atoms with Crippen LogP contribution in [0.5, 0.6) is 0 Å². The monoisotopic (exact) mass is 342 g/mol. The number of amides is 2. The van der Waals surface area contributed by atoms with Crippen molar-refractivity contribution >= 4 is 23.6 Å². The number of benzene rings is 2. The van der Waals surface area contributed by atoms with Crippen molar-refractivity contribution in [1.29, 1.82) is 0 Å². The van der Waals surface area contributed by atoms with Crippen LogP contribution in [0.1, 0.15) is 24.7 Å². The number of hydrogen-bond acceptors (Lipinski definition) is 3. The van der Waals surface area contributed by atoms with Crippen molar-refractivity contribution in [3.63, 3.8) is 0 Å². The van der Waals surface area contributed by atoms with E-state index >= 15 is 0 Å². The van der Waals surface area contributed by atoms with E-state index in [2.05, 4.69) is 10.6 Å². The second kappa shape index (κ2) is 9.13. The van der Waals surface area contributed by atoms with Gasteiger partial charge in [0.05, 0.1) is 0 Å². The van der Waals surface area contributed by atoms with Crippen LogP contribution in [-0.2, 0) is 9.59 Å². The molecule has 2 aromatic carbocycles. The summed E-state index contributed by atoms with van der Waals surface area (Å²) >= 11 is 1.47. The minimum Gasteiger partial charge on any atom is -0.355 e. The Morgan fingerprint density at radius 3 is 2.12 bits per heavy atom. The van der Waals surface area contributed by atoms with Crippen LogP contribution in [0, 0.1) is 0 Å². The molecule has 0 spiro atoms. The van der Waals surface area contributed by atoms with Crippen LogP contribution in [0.2, 0.25) is 0 Å². The summed E-state index contributed by atoms with van der Waals surface area (Å²) in [6.07, 6.45) is 0. The molecule has 2 amide bonds. The number of hydrogen-bond donors (Lipinski definition) is 2. The average Bonchev–Trinajstić information content (AvgIpc) is 2.61. The number of rotatable bonds is 7. The van der Waals surface area contributed by atoms with Crippen molar-refractivity contribution in [2.45, 2.75) is 30.0 Å². The van der Waals surface area contributed by atoms with Gasteiger partial charge in [0.1, 0.15) is 11.3 Å². The maximum atomic E-state index is 12.8. The first-order valence-electron chi connectivity index (χ1n) is 7.96. The van der Waals surface area contributed by atoms with Crippen LogP contribution < -0.4 is 10.6 Å². The minimum atomic E-state index is -0.569. The van der Waals surface area contributed by atoms with Gasteiger partial charge in [-0.3, -0.25) is 9.59 Å². The molecule has 126 valence electrons. The summed E-state index contributed by atoms with van der Waals surface area (Å²) in [5, 5.41) is 5.12. The summed E-state index contributed by atoms with van der Waals surface area (Å²) in [7, 11) is 0. The van der Waals surface area contributed by atoms with Gasteiger partial charge in [-0.25, -0.2) is 0 Å². The summed E-state index contributed by atoms with van der Waals surface area (Å²) in [6.45, 7) is 4.09. The quantitative estimate of drug-likeness (QED) is 0.760. The third-order valence-electron chi connectivity index (χ3n) is 3.44. The van der Waals surface area contributed by atoms with Gasteiger partial charge in [-0.15, -0.1) is 11.8 Å². The molecule has 24 heavy (non-hydrogen) atoms. The largest absolute Gasteiger partial charge is 0.355 e. The van der Waals surface area contributed by atoms with Crippen molar-refractivity contribution < 1.29 is 9.59 Å². The van der Waals surface area contributed by atoms with E-state index in [-0.39, 0.29) is 11.8 Å². The molecule has 0 bridgehead atoms. The topological polar surface area (TPSA) is 58.2 Å². The standard InChI is InChI=1S/C19H22N2O2S/c1-3-20-18(22)14(2)21-19(23)17(15-10-6-4-7-11-15)24-16-12-8-5-9-13-16/h4-14,17H,3H2,1-2H3,(H,20,22)(H,21,23)/t14-,17+/m0/s1. The molecule has 0 aliphatic heterocycles. The molecule has 5 heteroatoms. The molecule has 2 rings (SSSR count). The van der Waals surface area contributed by atoms with E-state index in [0.717, 1.165) is 10.5 Å². The van der Waals surface area contributed by atoms with Crippen LogP contribution in [0.3, 0.4) is 0 Å². The molecule has 0 aromatic heterocycles. The van der Waals surface area contributed by atoms with Crippen molar-refractivity contribution in [3.05, 3.63) is 66.2 Å². The van der Waals surface area contributed by atoms with Gasteiger partial charge >= 0.3 is 0 Å². The lowest BCUT2D eigenvalue weighted by molar-refractivity contribution is -0.128. The first-order valence-corrected chi connectivity index (χ1v) is 8.84. The van der Waals surface area contributed by atoms with E-state index in [9.17, 15) is 9.59 Å².